The average molecular weight is 264 g/mol. The molecule has 0 saturated heterocycles. The summed E-state index contributed by atoms with van der Waals surface area (Å²) in [7, 11) is 0. The molecule has 0 aliphatic carbocycles. The van der Waals surface area contributed by atoms with E-state index in [9.17, 15) is 10.2 Å². The van der Waals surface area contributed by atoms with Crippen molar-refractivity contribution < 1.29 is 10.2 Å². The summed E-state index contributed by atoms with van der Waals surface area (Å²) < 4.78 is 0. The van der Waals surface area contributed by atoms with Gasteiger partial charge < -0.3 is 15.5 Å². The average Bonchev–Trinajstić information content (AvgIpc) is 2.79. The van der Waals surface area contributed by atoms with Gasteiger partial charge in [0, 0.05) is 29.2 Å². The highest BCUT2D eigenvalue weighted by Crippen LogP contribution is 2.32. The van der Waals surface area contributed by atoms with Crippen LogP contribution in [-0.2, 0) is 6.54 Å². The SMILES string of the molecule is CC(C)NCc1cnc(-c2ccc(O)c(O)c2)s1. The van der Waals surface area contributed by atoms with Gasteiger partial charge in [-0.05, 0) is 18.2 Å². The topological polar surface area (TPSA) is 65.4 Å². The van der Waals surface area contributed by atoms with Crippen LogP contribution in [-0.4, -0.2) is 21.2 Å². The smallest absolute Gasteiger partial charge is 0.158 e. The molecule has 0 bridgehead atoms. The third-order valence-corrected chi connectivity index (χ3v) is 3.51. The molecule has 0 radical (unpaired) electrons. The van der Waals surface area contributed by atoms with Crippen LogP contribution in [0, 0.1) is 0 Å². The van der Waals surface area contributed by atoms with Gasteiger partial charge >= 0.3 is 0 Å². The van der Waals surface area contributed by atoms with Crippen LogP contribution in [0.15, 0.2) is 24.4 Å². The Morgan fingerprint density at radius 1 is 1.28 bits per heavy atom. The summed E-state index contributed by atoms with van der Waals surface area (Å²) in [5.41, 5.74) is 0.811. The third-order valence-electron chi connectivity index (χ3n) is 2.46. The van der Waals surface area contributed by atoms with Crippen LogP contribution in [0.3, 0.4) is 0 Å². The molecule has 2 rings (SSSR count). The minimum Gasteiger partial charge on any atom is -0.504 e. The monoisotopic (exact) mass is 264 g/mol. The number of thiazole rings is 1. The molecule has 96 valence electrons. The summed E-state index contributed by atoms with van der Waals surface area (Å²) in [5, 5.41) is 22.9. The molecule has 18 heavy (non-hydrogen) atoms. The molecule has 1 aromatic carbocycles. The number of phenols is 2. The molecule has 0 atom stereocenters. The zero-order chi connectivity index (χ0) is 13.1. The number of hydrogen-bond acceptors (Lipinski definition) is 5. The van der Waals surface area contributed by atoms with Crippen molar-refractivity contribution in [2.45, 2.75) is 26.4 Å². The Bertz CT molecular complexity index is 538. The van der Waals surface area contributed by atoms with Crippen LogP contribution >= 0.6 is 11.3 Å². The van der Waals surface area contributed by atoms with Gasteiger partial charge in [-0.25, -0.2) is 4.98 Å². The van der Waals surface area contributed by atoms with Gasteiger partial charge in [-0.2, -0.15) is 0 Å². The van der Waals surface area contributed by atoms with Crippen LogP contribution in [0.1, 0.15) is 18.7 Å². The highest BCUT2D eigenvalue weighted by atomic mass is 32.1. The van der Waals surface area contributed by atoms with Gasteiger partial charge in [0.05, 0.1) is 0 Å². The zero-order valence-corrected chi connectivity index (χ0v) is 11.2. The van der Waals surface area contributed by atoms with E-state index in [1.165, 1.54) is 12.1 Å². The zero-order valence-electron chi connectivity index (χ0n) is 10.3. The number of hydrogen-bond donors (Lipinski definition) is 3. The van der Waals surface area contributed by atoms with Crippen LogP contribution in [0.4, 0.5) is 0 Å². The maximum atomic E-state index is 9.46. The molecule has 5 heteroatoms. The Morgan fingerprint density at radius 2 is 2.06 bits per heavy atom. The first kappa shape index (κ1) is 12.9. The molecule has 0 unspecified atom stereocenters. The van der Waals surface area contributed by atoms with Gasteiger partial charge in [0.15, 0.2) is 11.5 Å². The van der Waals surface area contributed by atoms with Crippen molar-refractivity contribution >= 4 is 11.3 Å². The van der Waals surface area contributed by atoms with Gasteiger partial charge in [0.1, 0.15) is 5.01 Å². The lowest BCUT2D eigenvalue weighted by molar-refractivity contribution is 0.404. The van der Waals surface area contributed by atoms with Crippen molar-refractivity contribution in [3.8, 4) is 22.1 Å². The standard InChI is InChI=1S/C13H16N2O2S/c1-8(2)14-6-10-7-15-13(18-10)9-3-4-11(16)12(17)5-9/h3-5,7-8,14,16-17H,6H2,1-2H3. The molecule has 2 aromatic rings. The second-order valence-corrected chi connectivity index (χ2v) is 5.49. The largest absolute Gasteiger partial charge is 0.504 e. The van der Waals surface area contributed by atoms with E-state index in [4.69, 9.17) is 0 Å². The number of rotatable bonds is 4. The highest BCUT2D eigenvalue weighted by Gasteiger charge is 2.07. The Labute approximate surface area is 110 Å². The molecule has 4 nitrogen and oxygen atoms in total. The summed E-state index contributed by atoms with van der Waals surface area (Å²) in [4.78, 5) is 5.47. The molecule has 0 amide bonds. The predicted octanol–water partition coefficient (Wildman–Crippen LogP) is 2.72. The maximum Gasteiger partial charge on any atom is 0.158 e. The van der Waals surface area contributed by atoms with Crippen LogP contribution < -0.4 is 5.32 Å². The first-order chi connectivity index (χ1) is 8.56. The first-order valence-corrected chi connectivity index (χ1v) is 6.58. The predicted molar refractivity (Wildman–Crippen MR) is 72.9 cm³/mol. The van der Waals surface area contributed by atoms with E-state index in [1.54, 1.807) is 17.4 Å². The van der Waals surface area contributed by atoms with E-state index < -0.39 is 0 Å². The van der Waals surface area contributed by atoms with Crippen LogP contribution in [0.5, 0.6) is 11.5 Å². The number of nitrogens with zero attached hydrogens (tertiary/aromatic N) is 1. The maximum absolute atomic E-state index is 9.46. The molecular weight excluding hydrogens is 248 g/mol. The molecule has 0 aliphatic heterocycles. The number of aromatic hydroxyl groups is 2. The van der Waals surface area contributed by atoms with Gasteiger partial charge in [0.2, 0.25) is 0 Å². The molecule has 0 saturated carbocycles. The minimum absolute atomic E-state index is 0.114. The fourth-order valence-corrected chi connectivity index (χ4v) is 2.34. The van der Waals surface area contributed by atoms with Gasteiger partial charge in [0.25, 0.3) is 0 Å². The van der Waals surface area contributed by atoms with Crippen molar-refractivity contribution in [1.29, 1.82) is 0 Å². The van der Waals surface area contributed by atoms with E-state index in [-0.39, 0.29) is 11.5 Å². The molecule has 1 aromatic heterocycles. The lowest BCUT2D eigenvalue weighted by Crippen LogP contribution is -2.21. The number of nitrogens with one attached hydrogen (secondary N) is 1. The first-order valence-electron chi connectivity index (χ1n) is 5.76. The van der Waals surface area contributed by atoms with Crippen molar-refractivity contribution in [2.75, 3.05) is 0 Å². The Balaban J connectivity index is 2.16. The molecule has 3 N–H and O–H groups in total. The van der Waals surface area contributed by atoms with Crippen molar-refractivity contribution in [1.82, 2.24) is 10.3 Å². The molecule has 0 fully saturated rings. The Morgan fingerprint density at radius 3 is 2.72 bits per heavy atom. The second-order valence-electron chi connectivity index (χ2n) is 4.37. The fraction of sp³-hybridized carbons (Fsp3) is 0.308. The number of phenolic OH excluding ortho intramolecular Hbond substituents is 2. The van der Waals surface area contributed by atoms with E-state index in [0.717, 1.165) is 22.0 Å². The minimum atomic E-state index is -0.121. The van der Waals surface area contributed by atoms with Crippen LogP contribution in [0.2, 0.25) is 0 Å². The second kappa shape index (κ2) is 5.37. The van der Waals surface area contributed by atoms with E-state index in [1.807, 2.05) is 6.20 Å². The van der Waals surface area contributed by atoms with E-state index in [0.29, 0.717) is 6.04 Å². The summed E-state index contributed by atoms with van der Waals surface area (Å²) in [6.45, 7) is 4.99. The molecule has 1 heterocycles. The summed E-state index contributed by atoms with van der Waals surface area (Å²) >= 11 is 1.58. The van der Waals surface area contributed by atoms with Gasteiger partial charge in [-0.3, -0.25) is 0 Å². The lowest BCUT2D eigenvalue weighted by atomic mass is 10.2. The van der Waals surface area contributed by atoms with E-state index >= 15 is 0 Å². The van der Waals surface area contributed by atoms with Gasteiger partial charge in [-0.1, -0.05) is 13.8 Å². The van der Waals surface area contributed by atoms with E-state index in [2.05, 4.69) is 24.1 Å². The number of benzene rings is 1. The third kappa shape index (κ3) is 3.00. The van der Waals surface area contributed by atoms with Gasteiger partial charge in [-0.15, -0.1) is 11.3 Å². The molecular formula is C13H16N2O2S. The lowest BCUT2D eigenvalue weighted by Gasteiger charge is -2.04. The van der Waals surface area contributed by atoms with Crippen molar-refractivity contribution in [3.63, 3.8) is 0 Å². The molecule has 0 spiro atoms. The van der Waals surface area contributed by atoms with Crippen molar-refractivity contribution in [2.24, 2.45) is 0 Å². The fourth-order valence-electron chi connectivity index (χ4n) is 1.48. The quantitative estimate of drug-likeness (QED) is 0.743. The summed E-state index contributed by atoms with van der Waals surface area (Å²) in [6, 6.07) is 5.17. The highest BCUT2D eigenvalue weighted by molar-refractivity contribution is 7.15. The Kier molecular flexibility index (Phi) is 3.84. The summed E-state index contributed by atoms with van der Waals surface area (Å²) in [5.74, 6) is -0.235. The normalized spacial score (nSPS) is 11.1. The number of aromatic nitrogens is 1. The Hall–Kier alpha value is -1.59. The van der Waals surface area contributed by atoms with Crippen LogP contribution in [0.25, 0.3) is 10.6 Å². The molecule has 0 aliphatic rings. The summed E-state index contributed by atoms with van der Waals surface area (Å²) in [6.07, 6.45) is 1.83. The van der Waals surface area contributed by atoms with Crippen molar-refractivity contribution in [3.05, 3.63) is 29.3 Å².